The predicted molar refractivity (Wildman–Crippen MR) is 138 cm³/mol. The Labute approximate surface area is 210 Å². The molecule has 0 unspecified atom stereocenters. The van der Waals surface area contributed by atoms with Crippen LogP contribution in [0.2, 0.25) is 0 Å². The number of hydrazone groups is 1. The summed E-state index contributed by atoms with van der Waals surface area (Å²) in [6.45, 7) is 5.52. The summed E-state index contributed by atoms with van der Waals surface area (Å²) in [5.41, 5.74) is 7.52. The Morgan fingerprint density at radius 1 is 1.03 bits per heavy atom. The number of benzene rings is 2. The van der Waals surface area contributed by atoms with Crippen molar-refractivity contribution in [2.75, 3.05) is 6.54 Å². The van der Waals surface area contributed by atoms with Gasteiger partial charge in [0.2, 0.25) is 10.0 Å². The second-order valence-electron chi connectivity index (χ2n) is 8.46. The van der Waals surface area contributed by atoms with Gasteiger partial charge in [0.15, 0.2) is 0 Å². The lowest BCUT2D eigenvalue weighted by Gasteiger charge is -2.20. The molecular weight excluding hydrogens is 476 g/mol. The van der Waals surface area contributed by atoms with Gasteiger partial charge in [-0.05, 0) is 63.2 Å². The first kappa shape index (κ1) is 25.2. The number of nitrogens with one attached hydrogen (secondary N) is 1. The lowest BCUT2D eigenvalue weighted by Crippen LogP contribution is -2.39. The summed E-state index contributed by atoms with van der Waals surface area (Å²) in [4.78, 5) is 12.8. The van der Waals surface area contributed by atoms with Crippen LogP contribution in [0, 0.1) is 20.8 Å². The van der Waals surface area contributed by atoms with Crippen LogP contribution in [-0.2, 0) is 21.4 Å². The maximum Gasteiger partial charge on any atom is 0.255 e. The highest BCUT2D eigenvalue weighted by atomic mass is 32.2. The fourth-order valence-corrected chi connectivity index (χ4v) is 5.31. The molecule has 0 radical (unpaired) electrons. The van der Waals surface area contributed by atoms with E-state index >= 15 is 0 Å². The number of aromatic nitrogens is 1. The summed E-state index contributed by atoms with van der Waals surface area (Å²) in [5, 5.41) is 4.09. The maximum absolute atomic E-state index is 13.2. The molecule has 1 amide bonds. The standard InChI is InChI=1S/C27H28N4O4S/c1-20-11-13-24(14-12-20)31-21(2)16-23(22(31)3)17-28-29-27(32)19-30(18-25-8-7-15-35-25)36(33,34)26-9-5-4-6-10-26/h4-17H,18-19H2,1-3H3,(H,29,32)/b28-17-. The first-order valence-electron chi connectivity index (χ1n) is 11.4. The topological polar surface area (TPSA) is 96.9 Å². The van der Waals surface area contributed by atoms with Crippen LogP contribution in [0.25, 0.3) is 5.69 Å². The van der Waals surface area contributed by atoms with Crippen LogP contribution >= 0.6 is 0 Å². The van der Waals surface area contributed by atoms with Crippen LogP contribution in [0.5, 0.6) is 0 Å². The average molecular weight is 505 g/mol. The lowest BCUT2D eigenvalue weighted by molar-refractivity contribution is -0.121. The van der Waals surface area contributed by atoms with E-state index in [0.29, 0.717) is 5.76 Å². The van der Waals surface area contributed by atoms with E-state index in [4.69, 9.17) is 4.42 Å². The number of sulfonamides is 1. The number of nitrogens with zero attached hydrogens (tertiary/aromatic N) is 3. The fourth-order valence-electron chi connectivity index (χ4n) is 3.92. The second kappa shape index (κ2) is 10.8. The normalized spacial score (nSPS) is 11.9. The molecule has 0 spiro atoms. The van der Waals surface area contributed by atoms with E-state index in [9.17, 15) is 13.2 Å². The molecule has 0 saturated heterocycles. The van der Waals surface area contributed by atoms with Crippen LogP contribution in [0.4, 0.5) is 0 Å². The molecule has 0 saturated carbocycles. The molecule has 9 heteroatoms. The molecule has 186 valence electrons. The number of hydrogen-bond donors (Lipinski definition) is 1. The zero-order valence-corrected chi connectivity index (χ0v) is 21.2. The number of amides is 1. The van der Waals surface area contributed by atoms with Gasteiger partial charge < -0.3 is 8.98 Å². The van der Waals surface area contributed by atoms with Crippen LogP contribution in [-0.4, -0.2) is 36.0 Å². The van der Waals surface area contributed by atoms with Crippen LogP contribution in [0.15, 0.2) is 93.5 Å². The van der Waals surface area contributed by atoms with E-state index in [1.165, 1.54) is 24.0 Å². The number of hydrogen-bond acceptors (Lipinski definition) is 5. The first-order chi connectivity index (χ1) is 17.3. The second-order valence-corrected chi connectivity index (χ2v) is 10.4. The van der Waals surface area contributed by atoms with E-state index in [2.05, 4.69) is 39.4 Å². The molecule has 4 aromatic rings. The first-order valence-corrected chi connectivity index (χ1v) is 12.8. The highest BCUT2D eigenvalue weighted by Gasteiger charge is 2.27. The monoisotopic (exact) mass is 504 g/mol. The van der Waals surface area contributed by atoms with Crippen molar-refractivity contribution in [3.05, 3.63) is 107 Å². The summed E-state index contributed by atoms with van der Waals surface area (Å²) >= 11 is 0. The molecule has 4 rings (SSSR count). The maximum atomic E-state index is 13.2. The Hall–Kier alpha value is -3.95. The molecule has 0 aliphatic heterocycles. The van der Waals surface area contributed by atoms with Crippen molar-refractivity contribution < 1.29 is 17.6 Å². The van der Waals surface area contributed by atoms with Crippen LogP contribution in [0.1, 0.15) is 28.3 Å². The van der Waals surface area contributed by atoms with Crippen molar-refractivity contribution in [1.29, 1.82) is 0 Å². The lowest BCUT2D eigenvalue weighted by atomic mass is 10.2. The number of furan rings is 1. The number of carbonyl (C=O) groups is 1. The zero-order valence-electron chi connectivity index (χ0n) is 20.4. The van der Waals surface area contributed by atoms with E-state index in [-0.39, 0.29) is 11.4 Å². The molecule has 0 bridgehead atoms. The number of carbonyl (C=O) groups excluding carboxylic acids is 1. The molecule has 0 atom stereocenters. The molecule has 0 aliphatic carbocycles. The molecule has 1 N–H and O–H groups in total. The molecule has 36 heavy (non-hydrogen) atoms. The molecule has 8 nitrogen and oxygen atoms in total. The summed E-state index contributed by atoms with van der Waals surface area (Å²) in [7, 11) is -3.93. The van der Waals surface area contributed by atoms with Gasteiger partial charge in [-0.15, -0.1) is 0 Å². The smallest absolute Gasteiger partial charge is 0.255 e. The minimum atomic E-state index is -3.93. The van der Waals surface area contributed by atoms with Crippen molar-refractivity contribution in [2.45, 2.75) is 32.2 Å². The SMILES string of the molecule is Cc1ccc(-n2c(C)cc(/C=N\NC(=O)CN(Cc3ccco3)S(=O)(=O)c3ccccc3)c2C)cc1. The summed E-state index contributed by atoms with van der Waals surface area (Å²) in [5.74, 6) is -0.140. The Kier molecular flexibility index (Phi) is 7.52. The molecular formula is C27H28N4O4S. The van der Waals surface area contributed by atoms with Crippen molar-refractivity contribution in [3.63, 3.8) is 0 Å². The van der Waals surface area contributed by atoms with Gasteiger partial charge in [-0.3, -0.25) is 4.79 Å². The van der Waals surface area contributed by atoms with E-state index in [1.54, 1.807) is 36.5 Å². The predicted octanol–water partition coefficient (Wildman–Crippen LogP) is 4.34. The largest absolute Gasteiger partial charge is 0.468 e. The van der Waals surface area contributed by atoms with Gasteiger partial charge in [-0.25, -0.2) is 13.8 Å². The molecule has 0 fully saturated rings. The van der Waals surface area contributed by atoms with Crippen molar-refractivity contribution in [3.8, 4) is 5.69 Å². The number of rotatable bonds is 9. The van der Waals surface area contributed by atoms with Crippen molar-refractivity contribution in [1.82, 2.24) is 14.3 Å². The van der Waals surface area contributed by atoms with Gasteiger partial charge >= 0.3 is 0 Å². The van der Waals surface area contributed by atoms with Crippen LogP contribution < -0.4 is 5.43 Å². The van der Waals surface area contributed by atoms with Gasteiger partial charge in [0.25, 0.3) is 5.91 Å². The highest BCUT2D eigenvalue weighted by Crippen LogP contribution is 2.21. The third-order valence-electron chi connectivity index (χ3n) is 5.77. The number of aryl methyl sites for hydroxylation is 2. The average Bonchev–Trinajstić information content (AvgIpc) is 3.47. The highest BCUT2D eigenvalue weighted by molar-refractivity contribution is 7.89. The van der Waals surface area contributed by atoms with E-state index in [1.807, 2.05) is 26.8 Å². The third-order valence-corrected chi connectivity index (χ3v) is 7.57. The summed E-state index contributed by atoms with van der Waals surface area (Å²) < 4.78 is 34.9. The van der Waals surface area contributed by atoms with Gasteiger partial charge in [0.1, 0.15) is 5.76 Å². The van der Waals surface area contributed by atoms with Crippen molar-refractivity contribution in [2.24, 2.45) is 5.10 Å². The van der Waals surface area contributed by atoms with E-state index < -0.39 is 22.5 Å². The molecule has 2 aromatic carbocycles. The molecule has 0 aliphatic rings. The molecule has 2 heterocycles. The summed E-state index contributed by atoms with van der Waals surface area (Å²) in [6, 6.07) is 21.5. The summed E-state index contributed by atoms with van der Waals surface area (Å²) in [6.07, 6.45) is 3.02. The van der Waals surface area contributed by atoms with Crippen LogP contribution in [0.3, 0.4) is 0 Å². The van der Waals surface area contributed by atoms with E-state index in [0.717, 1.165) is 26.9 Å². The third kappa shape index (κ3) is 5.64. The Morgan fingerprint density at radius 2 is 1.75 bits per heavy atom. The van der Waals surface area contributed by atoms with Gasteiger partial charge in [0.05, 0.1) is 30.5 Å². The Morgan fingerprint density at radius 3 is 2.42 bits per heavy atom. The quantitative estimate of drug-likeness (QED) is 0.271. The minimum absolute atomic E-state index is 0.0843. The minimum Gasteiger partial charge on any atom is -0.468 e. The van der Waals surface area contributed by atoms with Gasteiger partial charge in [0, 0.05) is 22.6 Å². The van der Waals surface area contributed by atoms with Gasteiger partial charge in [-0.2, -0.15) is 9.41 Å². The van der Waals surface area contributed by atoms with Gasteiger partial charge in [-0.1, -0.05) is 35.9 Å². The molecule has 2 aromatic heterocycles. The van der Waals surface area contributed by atoms with Crippen molar-refractivity contribution >= 4 is 22.1 Å². The Bertz CT molecular complexity index is 1460. The fraction of sp³-hybridized carbons (Fsp3) is 0.185. The Balaban J connectivity index is 1.49. The zero-order chi connectivity index (χ0) is 25.7.